The molecule has 6 nitrogen and oxygen atoms in total. The van der Waals surface area contributed by atoms with Gasteiger partial charge < -0.3 is 10.1 Å². The Morgan fingerprint density at radius 1 is 0.903 bits per heavy atom. The van der Waals surface area contributed by atoms with Gasteiger partial charge in [0.1, 0.15) is 12.4 Å². The van der Waals surface area contributed by atoms with Crippen molar-refractivity contribution in [3.05, 3.63) is 102 Å². The molecule has 0 aliphatic carbocycles. The third kappa shape index (κ3) is 6.80. The number of carbonyl (C=O) groups excluding carboxylic acids is 1. The van der Waals surface area contributed by atoms with E-state index < -0.39 is 10.0 Å². The Kier molecular flexibility index (Phi) is 7.59. The van der Waals surface area contributed by atoms with Crippen LogP contribution in [0.2, 0.25) is 0 Å². The molecule has 0 bridgehead atoms. The van der Waals surface area contributed by atoms with Crippen LogP contribution in [-0.4, -0.2) is 21.4 Å². The van der Waals surface area contributed by atoms with Crippen LogP contribution in [0.5, 0.6) is 5.75 Å². The van der Waals surface area contributed by atoms with E-state index in [9.17, 15) is 13.2 Å². The van der Waals surface area contributed by atoms with E-state index in [4.69, 9.17) is 4.74 Å². The molecular weight excluding hydrogens is 412 g/mol. The van der Waals surface area contributed by atoms with Crippen molar-refractivity contribution in [2.24, 2.45) is 0 Å². The van der Waals surface area contributed by atoms with Gasteiger partial charge in [-0.1, -0.05) is 54.6 Å². The van der Waals surface area contributed by atoms with Gasteiger partial charge in [0.05, 0.1) is 4.90 Å². The zero-order valence-corrected chi connectivity index (χ0v) is 17.9. The van der Waals surface area contributed by atoms with Crippen molar-refractivity contribution in [3.8, 4) is 5.75 Å². The summed E-state index contributed by atoms with van der Waals surface area (Å²) in [6, 6.07) is 23.8. The Morgan fingerprint density at radius 3 is 2.19 bits per heavy atom. The second-order valence-corrected chi connectivity index (χ2v) is 8.63. The average molecular weight is 437 g/mol. The Hall–Kier alpha value is -3.42. The lowest BCUT2D eigenvalue weighted by Gasteiger charge is -2.07. The van der Waals surface area contributed by atoms with Crippen molar-refractivity contribution in [2.45, 2.75) is 18.0 Å². The molecule has 1 amide bonds. The molecule has 3 aromatic rings. The normalized spacial score (nSPS) is 11.4. The summed E-state index contributed by atoms with van der Waals surface area (Å²) in [7, 11) is -2.11. The Morgan fingerprint density at radius 2 is 1.55 bits per heavy atom. The minimum absolute atomic E-state index is 0.175. The first kappa shape index (κ1) is 22.3. The molecule has 0 unspecified atom stereocenters. The van der Waals surface area contributed by atoms with Gasteiger partial charge in [0.25, 0.3) is 0 Å². The van der Waals surface area contributed by atoms with Crippen LogP contribution >= 0.6 is 0 Å². The average Bonchev–Trinajstić information content (AvgIpc) is 2.81. The van der Waals surface area contributed by atoms with Crippen LogP contribution in [0, 0.1) is 0 Å². The summed E-state index contributed by atoms with van der Waals surface area (Å²) in [5, 5.41) is 2.83. The number of ether oxygens (including phenoxy) is 1. The van der Waals surface area contributed by atoms with E-state index >= 15 is 0 Å². The van der Waals surface area contributed by atoms with Crippen LogP contribution in [0.4, 0.5) is 0 Å². The zero-order chi connectivity index (χ0) is 22.1. The van der Waals surface area contributed by atoms with Gasteiger partial charge in [-0.25, -0.2) is 13.1 Å². The third-order valence-electron chi connectivity index (χ3n) is 4.52. The Labute approximate surface area is 182 Å². The number of rotatable bonds is 9. The van der Waals surface area contributed by atoms with Crippen molar-refractivity contribution >= 4 is 22.0 Å². The van der Waals surface area contributed by atoms with Gasteiger partial charge in [-0.05, 0) is 54.1 Å². The Bertz CT molecular complexity index is 1120. The highest BCUT2D eigenvalue weighted by Crippen LogP contribution is 2.13. The minimum atomic E-state index is -3.47. The summed E-state index contributed by atoms with van der Waals surface area (Å²) in [6.07, 6.45) is 3.05. The fraction of sp³-hybridized carbons (Fsp3) is 0.125. The number of nitrogens with one attached hydrogen (secondary N) is 2. The van der Waals surface area contributed by atoms with E-state index in [1.807, 2.05) is 54.6 Å². The summed E-state index contributed by atoms with van der Waals surface area (Å²) >= 11 is 0. The molecule has 0 aliphatic rings. The van der Waals surface area contributed by atoms with Gasteiger partial charge in [0, 0.05) is 12.6 Å². The molecular formula is C24H24N2O4S. The largest absolute Gasteiger partial charge is 0.489 e. The topological polar surface area (TPSA) is 84.5 Å². The number of carbonyl (C=O) groups is 1. The van der Waals surface area contributed by atoms with Crippen molar-refractivity contribution < 1.29 is 17.9 Å². The number of para-hydroxylation sites is 1. The van der Waals surface area contributed by atoms with E-state index in [1.54, 1.807) is 18.2 Å². The van der Waals surface area contributed by atoms with Crippen molar-refractivity contribution in [1.29, 1.82) is 0 Å². The van der Waals surface area contributed by atoms with Crippen LogP contribution in [0.1, 0.15) is 16.7 Å². The molecule has 2 N–H and O–H groups in total. The summed E-state index contributed by atoms with van der Waals surface area (Å²) < 4.78 is 31.4. The lowest BCUT2D eigenvalue weighted by Crippen LogP contribution is -2.20. The summed E-state index contributed by atoms with van der Waals surface area (Å²) in [5.74, 6) is 0.590. The van der Waals surface area contributed by atoms with Crippen molar-refractivity contribution in [2.75, 3.05) is 7.05 Å². The molecule has 7 heteroatoms. The van der Waals surface area contributed by atoms with Crippen LogP contribution in [0.3, 0.4) is 0 Å². The zero-order valence-electron chi connectivity index (χ0n) is 17.1. The first-order valence-electron chi connectivity index (χ1n) is 9.71. The van der Waals surface area contributed by atoms with Gasteiger partial charge in [-0.2, -0.15) is 0 Å². The van der Waals surface area contributed by atoms with Crippen molar-refractivity contribution in [1.82, 2.24) is 10.0 Å². The van der Waals surface area contributed by atoms with Crippen LogP contribution in [-0.2, 0) is 28.0 Å². The smallest absolute Gasteiger partial charge is 0.244 e. The number of sulfonamides is 1. The van der Waals surface area contributed by atoms with Crippen LogP contribution in [0.25, 0.3) is 6.08 Å². The molecule has 0 aliphatic heterocycles. The highest BCUT2D eigenvalue weighted by Gasteiger charge is 2.09. The standard InChI is InChI=1S/C24H24N2O4S/c1-25-31(28,29)23-14-11-19(12-15-23)13-16-24(27)26-17-20-7-9-21(10-8-20)18-30-22-5-3-2-4-6-22/h2-16,25H,17-18H2,1H3,(H,26,27)/b16-13+. The third-order valence-corrected chi connectivity index (χ3v) is 5.95. The molecule has 0 radical (unpaired) electrons. The highest BCUT2D eigenvalue weighted by molar-refractivity contribution is 7.89. The molecule has 0 spiro atoms. The molecule has 0 heterocycles. The molecule has 3 rings (SSSR count). The molecule has 160 valence electrons. The van der Waals surface area contributed by atoms with Gasteiger partial charge in [-0.3, -0.25) is 4.79 Å². The van der Waals surface area contributed by atoms with E-state index in [0.717, 1.165) is 22.4 Å². The predicted octanol–water partition coefficient (Wildman–Crippen LogP) is 3.50. The molecule has 0 atom stereocenters. The van der Waals surface area contributed by atoms with Gasteiger partial charge in [-0.15, -0.1) is 0 Å². The first-order chi connectivity index (χ1) is 15.0. The van der Waals surface area contributed by atoms with Gasteiger partial charge >= 0.3 is 0 Å². The fourth-order valence-electron chi connectivity index (χ4n) is 2.73. The maximum Gasteiger partial charge on any atom is 0.244 e. The first-order valence-corrected chi connectivity index (χ1v) is 11.2. The van der Waals surface area contributed by atoms with Crippen LogP contribution in [0.15, 0.2) is 89.8 Å². The number of hydrogen-bond donors (Lipinski definition) is 2. The molecule has 0 fully saturated rings. The fourth-order valence-corrected chi connectivity index (χ4v) is 3.46. The van der Waals surface area contributed by atoms with Gasteiger partial charge in [0.15, 0.2) is 0 Å². The summed E-state index contributed by atoms with van der Waals surface area (Å²) in [6.45, 7) is 0.885. The second-order valence-electron chi connectivity index (χ2n) is 6.75. The number of benzene rings is 3. The molecule has 31 heavy (non-hydrogen) atoms. The quantitative estimate of drug-likeness (QED) is 0.503. The maximum absolute atomic E-state index is 12.1. The van der Waals surface area contributed by atoms with E-state index in [-0.39, 0.29) is 10.8 Å². The van der Waals surface area contributed by atoms with E-state index in [0.29, 0.717) is 13.2 Å². The summed E-state index contributed by atoms with van der Waals surface area (Å²) in [5.41, 5.74) is 2.75. The maximum atomic E-state index is 12.1. The van der Waals surface area contributed by atoms with Gasteiger partial charge in [0.2, 0.25) is 15.9 Å². The monoisotopic (exact) mass is 436 g/mol. The lowest BCUT2D eigenvalue weighted by molar-refractivity contribution is -0.116. The van der Waals surface area contributed by atoms with E-state index in [2.05, 4.69) is 10.0 Å². The van der Waals surface area contributed by atoms with Crippen molar-refractivity contribution in [3.63, 3.8) is 0 Å². The number of amides is 1. The van der Waals surface area contributed by atoms with E-state index in [1.165, 1.54) is 25.3 Å². The summed E-state index contributed by atoms with van der Waals surface area (Å²) in [4.78, 5) is 12.2. The SMILES string of the molecule is CNS(=O)(=O)c1ccc(/C=C/C(=O)NCc2ccc(COc3ccccc3)cc2)cc1. The highest BCUT2D eigenvalue weighted by atomic mass is 32.2. The van der Waals surface area contributed by atoms with Crippen LogP contribution < -0.4 is 14.8 Å². The lowest BCUT2D eigenvalue weighted by atomic mass is 10.1. The molecule has 3 aromatic carbocycles. The molecule has 0 saturated carbocycles. The Balaban J connectivity index is 1.47. The second kappa shape index (κ2) is 10.6. The minimum Gasteiger partial charge on any atom is -0.489 e. The predicted molar refractivity (Wildman–Crippen MR) is 121 cm³/mol. The molecule has 0 saturated heterocycles. The number of hydrogen-bond acceptors (Lipinski definition) is 4. The molecule has 0 aromatic heterocycles.